The van der Waals surface area contributed by atoms with Gasteiger partial charge in [0.15, 0.2) is 5.89 Å². The molecule has 0 saturated carbocycles. The van der Waals surface area contributed by atoms with Gasteiger partial charge in [-0.2, -0.15) is 0 Å². The zero-order valence-electron chi connectivity index (χ0n) is 7.62. The summed E-state index contributed by atoms with van der Waals surface area (Å²) < 4.78 is 5.16. The van der Waals surface area contributed by atoms with E-state index >= 15 is 0 Å². The molecular weight excluding hydrogens is 168 g/mol. The number of rotatable bonds is 1. The fourth-order valence-corrected chi connectivity index (χ4v) is 1.54. The van der Waals surface area contributed by atoms with E-state index in [2.05, 4.69) is 4.98 Å². The summed E-state index contributed by atoms with van der Waals surface area (Å²) in [5.41, 5.74) is 0. The average molecular weight is 180 g/mol. The zero-order chi connectivity index (χ0) is 9.26. The number of oxazole rings is 1. The molecule has 0 unspecified atom stereocenters. The zero-order valence-corrected chi connectivity index (χ0v) is 7.62. The Labute approximate surface area is 76.6 Å². The lowest BCUT2D eigenvalue weighted by atomic mass is 10.4. The topological polar surface area (TPSA) is 46.3 Å². The molecule has 70 valence electrons. The van der Waals surface area contributed by atoms with E-state index in [1.807, 2.05) is 0 Å². The van der Waals surface area contributed by atoms with Crippen molar-refractivity contribution in [3.63, 3.8) is 0 Å². The molecule has 1 aromatic rings. The van der Waals surface area contributed by atoms with Crippen LogP contribution in [0.5, 0.6) is 0 Å². The van der Waals surface area contributed by atoms with Gasteiger partial charge in [-0.1, -0.05) is 0 Å². The maximum Gasteiger partial charge on any atom is 0.291 e. The number of amides is 1. The Morgan fingerprint density at radius 1 is 1.54 bits per heavy atom. The first kappa shape index (κ1) is 8.29. The second kappa shape index (κ2) is 3.20. The monoisotopic (exact) mass is 180 g/mol. The molecule has 0 N–H and O–H groups in total. The van der Waals surface area contributed by atoms with Gasteiger partial charge in [0.25, 0.3) is 5.91 Å². The van der Waals surface area contributed by atoms with E-state index < -0.39 is 0 Å². The SMILES string of the molecule is Cc1ncc(C(=O)N2CCCC2)o1. The van der Waals surface area contributed by atoms with Gasteiger partial charge in [0.1, 0.15) is 0 Å². The first-order valence-corrected chi connectivity index (χ1v) is 4.49. The van der Waals surface area contributed by atoms with Crippen LogP contribution in [0.1, 0.15) is 29.3 Å². The van der Waals surface area contributed by atoms with Crippen LogP contribution in [0.25, 0.3) is 0 Å². The second-order valence-electron chi connectivity index (χ2n) is 3.24. The Hall–Kier alpha value is -1.32. The van der Waals surface area contributed by atoms with Crippen LogP contribution >= 0.6 is 0 Å². The molecule has 2 rings (SSSR count). The molecule has 1 aliphatic rings. The summed E-state index contributed by atoms with van der Waals surface area (Å²) in [5, 5.41) is 0. The maximum atomic E-state index is 11.7. The lowest BCUT2D eigenvalue weighted by molar-refractivity contribution is 0.0760. The number of hydrogen-bond acceptors (Lipinski definition) is 3. The Kier molecular flexibility index (Phi) is 2.04. The number of aryl methyl sites for hydroxylation is 1. The van der Waals surface area contributed by atoms with Gasteiger partial charge in [0, 0.05) is 20.0 Å². The Balaban J connectivity index is 2.12. The lowest BCUT2D eigenvalue weighted by Gasteiger charge is -2.12. The summed E-state index contributed by atoms with van der Waals surface area (Å²) in [6, 6.07) is 0. The molecule has 1 aromatic heterocycles. The smallest absolute Gasteiger partial charge is 0.291 e. The molecule has 0 aliphatic carbocycles. The van der Waals surface area contributed by atoms with Crippen molar-refractivity contribution < 1.29 is 9.21 Å². The first-order chi connectivity index (χ1) is 6.27. The predicted molar refractivity (Wildman–Crippen MR) is 46.4 cm³/mol. The van der Waals surface area contributed by atoms with Gasteiger partial charge in [-0.3, -0.25) is 4.79 Å². The van der Waals surface area contributed by atoms with Crippen LogP contribution in [0.3, 0.4) is 0 Å². The van der Waals surface area contributed by atoms with Gasteiger partial charge in [-0.15, -0.1) is 0 Å². The van der Waals surface area contributed by atoms with E-state index in [1.54, 1.807) is 11.8 Å². The quantitative estimate of drug-likeness (QED) is 0.652. The number of carbonyl (C=O) groups excluding carboxylic acids is 1. The fourth-order valence-electron chi connectivity index (χ4n) is 1.54. The summed E-state index contributed by atoms with van der Waals surface area (Å²) in [6.07, 6.45) is 3.69. The molecule has 1 aliphatic heterocycles. The summed E-state index contributed by atoms with van der Waals surface area (Å²) in [5.74, 6) is 0.875. The lowest BCUT2D eigenvalue weighted by Crippen LogP contribution is -2.27. The van der Waals surface area contributed by atoms with Crippen LogP contribution in [0, 0.1) is 6.92 Å². The van der Waals surface area contributed by atoms with E-state index in [0.717, 1.165) is 25.9 Å². The molecule has 1 saturated heterocycles. The van der Waals surface area contributed by atoms with E-state index in [1.165, 1.54) is 6.20 Å². The average Bonchev–Trinajstić information content (AvgIpc) is 2.72. The number of aromatic nitrogens is 1. The second-order valence-corrected chi connectivity index (χ2v) is 3.24. The largest absolute Gasteiger partial charge is 0.436 e. The number of carbonyl (C=O) groups is 1. The Bertz CT molecular complexity index is 313. The van der Waals surface area contributed by atoms with Crippen LogP contribution in [0.15, 0.2) is 10.6 Å². The van der Waals surface area contributed by atoms with Gasteiger partial charge in [0.2, 0.25) is 5.76 Å². The van der Waals surface area contributed by atoms with E-state index in [-0.39, 0.29) is 5.91 Å². The number of likely N-dealkylation sites (tertiary alicyclic amines) is 1. The van der Waals surface area contributed by atoms with Crippen LogP contribution in [-0.2, 0) is 0 Å². The molecule has 0 aromatic carbocycles. The molecule has 0 bridgehead atoms. The van der Waals surface area contributed by atoms with Crippen LogP contribution < -0.4 is 0 Å². The fraction of sp³-hybridized carbons (Fsp3) is 0.556. The predicted octanol–water partition coefficient (Wildman–Crippen LogP) is 1.22. The van der Waals surface area contributed by atoms with Crippen molar-refractivity contribution in [3.05, 3.63) is 17.8 Å². The molecular formula is C9H12N2O2. The molecule has 13 heavy (non-hydrogen) atoms. The number of hydrogen-bond donors (Lipinski definition) is 0. The highest BCUT2D eigenvalue weighted by atomic mass is 16.4. The molecule has 0 atom stereocenters. The maximum absolute atomic E-state index is 11.7. The van der Waals surface area contributed by atoms with Gasteiger partial charge in [0.05, 0.1) is 6.20 Å². The molecule has 0 spiro atoms. The third-order valence-corrected chi connectivity index (χ3v) is 2.23. The minimum Gasteiger partial charge on any atom is -0.436 e. The minimum atomic E-state index is -0.0295. The molecule has 1 amide bonds. The third-order valence-electron chi connectivity index (χ3n) is 2.23. The van der Waals surface area contributed by atoms with Crippen molar-refractivity contribution in [3.8, 4) is 0 Å². The summed E-state index contributed by atoms with van der Waals surface area (Å²) in [7, 11) is 0. The van der Waals surface area contributed by atoms with Crippen molar-refractivity contribution in [2.24, 2.45) is 0 Å². The van der Waals surface area contributed by atoms with Crippen LogP contribution in [0.4, 0.5) is 0 Å². The highest BCUT2D eigenvalue weighted by Crippen LogP contribution is 2.13. The van der Waals surface area contributed by atoms with Gasteiger partial charge in [-0.05, 0) is 12.8 Å². The standard InChI is InChI=1S/C9H12N2O2/c1-7-10-6-8(13-7)9(12)11-4-2-3-5-11/h6H,2-5H2,1H3. The first-order valence-electron chi connectivity index (χ1n) is 4.49. The molecule has 4 nitrogen and oxygen atoms in total. The van der Waals surface area contributed by atoms with Gasteiger partial charge in [-0.25, -0.2) is 4.98 Å². The van der Waals surface area contributed by atoms with Crippen molar-refractivity contribution in [1.82, 2.24) is 9.88 Å². The molecule has 4 heteroatoms. The van der Waals surface area contributed by atoms with Crippen molar-refractivity contribution in [2.45, 2.75) is 19.8 Å². The molecule has 1 fully saturated rings. The summed E-state index contributed by atoms with van der Waals surface area (Å²) in [4.78, 5) is 17.4. The van der Waals surface area contributed by atoms with E-state index in [0.29, 0.717) is 11.7 Å². The highest BCUT2D eigenvalue weighted by molar-refractivity contribution is 5.91. The molecule has 0 radical (unpaired) electrons. The van der Waals surface area contributed by atoms with Crippen molar-refractivity contribution in [1.29, 1.82) is 0 Å². The summed E-state index contributed by atoms with van der Waals surface area (Å²) >= 11 is 0. The van der Waals surface area contributed by atoms with Gasteiger partial charge >= 0.3 is 0 Å². The van der Waals surface area contributed by atoms with Crippen LogP contribution in [-0.4, -0.2) is 28.9 Å². The van der Waals surface area contributed by atoms with Gasteiger partial charge < -0.3 is 9.32 Å². The van der Waals surface area contributed by atoms with E-state index in [9.17, 15) is 4.79 Å². The number of nitrogens with zero attached hydrogens (tertiary/aromatic N) is 2. The van der Waals surface area contributed by atoms with Crippen molar-refractivity contribution in [2.75, 3.05) is 13.1 Å². The Morgan fingerprint density at radius 2 is 2.23 bits per heavy atom. The highest BCUT2D eigenvalue weighted by Gasteiger charge is 2.22. The third kappa shape index (κ3) is 1.56. The van der Waals surface area contributed by atoms with Crippen LogP contribution in [0.2, 0.25) is 0 Å². The Morgan fingerprint density at radius 3 is 2.77 bits per heavy atom. The minimum absolute atomic E-state index is 0.0295. The van der Waals surface area contributed by atoms with Crippen molar-refractivity contribution >= 4 is 5.91 Å². The molecule has 2 heterocycles. The van der Waals surface area contributed by atoms with E-state index in [4.69, 9.17) is 4.42 Å². The normalized spacial score (nSPS) is 16.5. The summed E-state index contributed by atoms with van der Waals surface area (Å²) in [6.45, 7) is 3.43.